The number of thioether (sulfide) groups is 1. The first-order chi connectivity index (χ1) is 7.08. The third-order valence-electron chi connectivity index (χ3n) is 2.90. The van der Waals surface area contributed by atoms with E-state index in [0.717, 1.165) is 18.1 Å². The van der Waals surface area contributed by atoms with Crippen LogP contribution in [0.3, 0.4) is 0 Å². The van der Waals surface area contributed by atoms with E-state index in [1.54, 1.807) is 0 Å². The fourth-order valence-corrected chi connectivity index (χ4v) is 3.75. The van der Waals surface area contributed by atoms with E-state index in [1.807, 2.05) is 0 Å². The van der Waals surface area contributed by atoms with Gasteiger partial charge in [-0.1, -0.05) is 20.8 Å². The number of hydrogen-bond acceptors (Lipinski definition) is 2. The number of Topliss-reactive ketones (excluding diaryl/α,β-unsaturated/α-hetero) is 1. The van der Waals surface area contributed by atoms with Crippen LogP contribution in [0.4, 0.5) is 0 Å². The zero-order valence-electron chi connectivity index (χ0n) is 10.3. The second-order valence-corrected chi connectivity index (χ2v) is 6.72. The Balaban J connectivity index is 2.16. The molecule has 2 heteroatoms. The molecule has 1 heterocycles. The molecule has 0 radical (unpaired) electrons. The average molecular weight is 228 g/mol. The molecule has 0 amide bonds. The maximum atomic E-state index is 11.6. The van der Waals surface area contributed by atoms with E-state index < -0.39 is 0 Å². The fourth-order valence-electron chi connectivity index (χ4n) is 2.29. The minimum absolute atomic E-state index is 0.459. The molecule has 0 saturated carbocycles. The summed E-state index contributed by atoms with van der Waals surface area (Å²) in [5, 5.41) is 0.840. The van der Waals surface area contributed by atoms with Crippen molar-refractivity contribution in [3.8, 4) is 0 Å². The highest BCUT2D eigenvalue weighted by Gasteiger charge is 2.19. The largest absolute Gasteiger partial charge is 0.300 e. The predicted octanol–water partition coefficient (Wildman–Crippen LogP) is 3.91. The number of hydrogen-bond donors (Lipinski definition) is 0. The first-order valence-electron chi connectivity index (χ1n) is 6.21. The number of rotatable bonds is 6. The second-order valence-electron chi connectivity index (χ2n) is 5.32. The lowest BCUT2D eigenvalue weighted by Crippen LogP contribution is -2.12. The molecule has 0 aromatic rings. The lowest BCUT2D eigenvalue weighted by Gasteiger charge is -2.15. The Morgan fingerprint density at radius 2 is 2.07 bits per heavy atom. The monoisotopic (exact) mass is 228 g/mol. The molecule has 2 atom stereocenters. The standard InChI is InChI=1S/C13H24OS/c1-10(2)7-12(14)8-11(3)9-13-5-4-6-15-13/h10-11,13H,4-9H2,1-3H3. The van der Waals surface area contributed by atoms with Crippen molar-refractivity contribution in [3.63, 3.8) is 0 Å². The van der Waals surface area contributed by atoms with Gasteiger partial charge in [-0.15, -0.1) is 0 Å². The summed E-state index contributed by atoms with van der Waals surface area (Å²) in [7, 11) is 0. The van der Waals surface area contributed by atoms with Gasteiger partial charge in [0, 0.05) is 18.1 Å². The highest BCUT2D eigenvalue weighted by Crippen LogP contribution is 2.32. The van der Waals surface area contributed by atoms with E-state index in [4.69, 9.17) is 0 Å². The van der Waals surface area contributed by atoms with Gasteiger partial charge in [-0.3, -0.25) is 4.79 Å². The molecule has 88 valence electrons. The molecular weight excluding hydrogens is 204 g/mol. The smallest absolute Gasteiger partial charge is 0.133 e. The molecule has 15 heavy (non-hydrogen) atoms. The molecule has 0 spiro atoms. The Morgan fingerprint density at radius 3 is 2.60 bits per heavy atom. The number of carbonyl (C=O) groups excluding carboxylic acids is 1. The highest BCUT2D eigenvalue weighted by molar-refractivity contribution is 8.00. The minimum Gasteiger partial charge on any atom is -0.300 e. The Bertz CT molecular complexity index is 195. The fraction of sp³-hybridized carbons (Fsp3) is 0.923. The van der Waals surface area contributed by atoms with Crippen LogP contribution >= 0.6 is 11.8 Å². The van der Waals surface area contributed by atoms with Crippen LogP contribution in [0.15, 0.2) is 0 Å². The van der Waals surface area contributed by atoms with Crippen molar-refractivity contribution >= 4 is 17.5 Å². The van der Waals surface area contributed by atoms with Crippen molar-refractivity contribution < 1.29 is 4.79 Å². The minimum atomic E-state index is 0.459. The molecule has 0 bridgehead atoms. The van der Waals surface area contributed by atoms with E-state index >= 15 is 0 Å². The maximum absolute atomic E-state index is 11.6. The average Bonchev–Trinajstić information content (AvgIpc) is 2.53. The van der Waals surface area contributed by atoms with Gasteiger partial charge in [0.15, 0.2) is 0 Å². The second kappa shape index (κ2) is 6.57. The summed E-state index contributed by atoms with van der Waals surface area (Å²) in [6, 6.07) is 0. The zero-order valence-corrected chi connectivity index (χ0v) is 11.1. The van der Waals surface area contributed by atoms with Gasteiger partial charge >= 0.3 is 0 Å². The van der Waals surface area contributed by atoms with Crippen LogP contribution in [0.5, 0.6) is 0 Å². The van der Waals surface area contributed by atoms with Crippen LogP contribution in [-0.4, -0.2) is 16.8 Å². The van der Waals surface area contributed by atoms with Crippen LogP contribution in [0.2, 0.25) is 0 Å². The van der Waals surface area contributed by atoms with Gasteiger partial charge in [-0.05, 0) is 36.9 Å². The third-order valence-corrected chi connectivity index (χ3v) is 4.33. The Kier molecular flexibility index (Phi) is 5.73. The molecule has 1 aliphatic heterocycles. The molecule has 1 nitrogen and oxygen atoms in total. The molecule has 0 aromatic heterocycles. The van der Waals surface area contributed by atoms with Crippen LogP contribution in [0, 0.1) is 11.8 Å². The normalized spacial score (nSPS) is 23.3. The van der Waals surface area contributed by atoms with E-state index in [2.05, 4.69) is 32.5 Å². The molecule has 1 rings (SSSR count). The summed E-state index contributed by atoms with van der Waals surface area (Å²) in [6.45, 7) is 6.47. The van der Waals surface area contributed by atoms with E-state index in [0.29, 0.717) is 17.6 Å². The van der Waals surface area contributed by atoms with E-state index in [1.165, 1.54) is 25.0 Å². The van der Waals surface area contributed by atoms with Gasteiger partial charge in [0.1, 0.15) is 5.78 Å². The Morgan fingerprint density at radius 1 is 1.33 bits per heavy atom. The zero-order chi connectivity index (χ0) is 11.3. The lowest BCUT2D eigenvalue weighted by molar-refractivity contribution is -0.120. The number of ketones is 1. The molecular formula is C13H24OS. The summed E-state index contributed by atoms with van der Waals surface area (Å²) in [5.74, 6) is 2.90. The van der Waals surface area contributed by atoms with Crippen LogP contribution in [0.25, 0.3) is 0 Å². The predicted molar refractivity (Wildman–Crippen MR) is 68.3 cm³/mol. The molecule has 2 unspecified atom stereocenters. The number of carbonyl (C=O) groups is 1. The van der Waals surface area contributed by atoms with E-state index in [9.17, 15) is 4.79 Å². The Hall–Kier alpha value is 0.0200. The van der Waals surface area contributed by atoms with Gasteiger partial charge in [0.05, 0.1) is 0 Å². The van der Waals surface area contributed by atoms with Crippen LogP contribution < -0.4 is 0 Å². The van der Waals surface area contributed by atoms with Crippen molar-refractivity contribution in [1.82, 2.24) is 0 Å². The van der Waals surface area contributed by atoms with Gasteiger partial charge in [-0.2, -0.15) is 11.8 Å². The maximum Gasteiger partial charge on any atom is 0.133 e. The molecule has 0 aromatic carbocycles. The van der Waals surface area contributed by atoms with E-state index in [-0.39, 0.29) is 0 Å². The molecule has 1 aliphatic rings. The first-order valence-corrected chi connectivity index (χ1v) is 7.26. The highest BCUT2D eigenvalue weighted by atomic mass is 32.2. The topological polar surface area (TPSA) is 17.1 Å². The summed E-state index contributed by atoms with van der Waals surface area (Å²) in [4.78, 5) is 11.6. The summed E-state index contributed by atoms with van der Waals surface area (Å²) < 4.78 is 0. The molecule has 1 fully saturated rings. The van der Waals surface area contributed by atoms with Crippen molar-refractivity contribution in [1.29, 1.82) is 0 Å². The Labute approximate surface area is 98.4 Å². The summed E-state index contributed by atoms with van der Waals surface area (Å²) in [6.07, 6.45) is 5.56. The molecule has 0 N–H and O–H groups in total. The quantitative estimate of drug-likeness (QED) is 0.685. The molecule has 1 saturated heterocycles. The van der Waals surface area contributed by atoms with Gasteiger partial charge in [-0.25, -0.2) is 0 Å². The first kappa shape index (κ1) is 13.1. The van der Waals surface area contributed by atoms with Gasteiger partial charge in [0.2, 0.25) is 0 Å². The van der Waals surface area contributed by atoms with Crippen molar-refractivity contribution in [3.05, 3.63) is 0 Å². The third kappa shape index (κ3) is 5.60. The lowest BCUT2D eigenvalue weighted by atomic mass is 9.94. The van der Waals surface area contributed by atoms with Crippen LogP contribution in [-0.2, 0) is 4.79 Å². The summed E-state index contributed by atoms with van der Waals surface area (Å²) >= 11 is 2.10. The van der Waals surface area contributed by atoms with Crippen molar-refractivity contribution in [2.45, 2.75) is 58.1 Å². The SMILES string of the molecule is CC(C)CC(=O)CC(C)CC1CCCS1. The summed E-state index contributed by atoms with van der Waals surface area (Å²) in [5.41, 5.74) is 0. The van der Waals surface area contributed by atoms with Gasteiger partial charge < -0.3 is 0 Å². The van der Waals surface area contributed by atoms with Crippen LogP contribution in [0.1, 0.15) is 52.9 Å². The van der Waals surface area contributed by atoms with Gasteiger partial charge in [0.25, 0.3) is 0 Å². The molecule has 0 aliphatic carbocycles. The van der Waals surface area contributed by atoms with Crippen molar-refractivity contribution in [2.24, 2.45) is 11.8 Å². The van der Waals surface area contributed by atoms with Crippen molar-refractivity contribution in [2.75, 3.05) is 5.75 Å².